The first kappa shape index (κ1) is 27.4. The number of hydrogen-bond acceptors (Lipinski definition) is 4. The monoisotopic (exact) mass is 480 g/mol. The van der Waals surface area contributed by atoms with E-state index in [4.69, 9.17) is 17.2 Å². The Balaban J connectivity index is 2.15. The molecule has 0 bridgehead atoms. The molecule has 2 aromatic carbocycles. The van der Waals surface area contributed by atoms with Gasteiger partial charge in [-0.2, -0.15) is 0 Å². The van der Waals surface area contributed by atoms with Crippen molar-refractivity contribution in [2.24, 2.45) is 22.2 Å². The van der Waals surface area contributed by atoms with Gasteiger partial charge in [0.15, 0.2) is 5.96 Å². The number of benzene rings is 2. The second-order valence-corrected chi connectivity index (χ2v) is 9.46. The van der Waals surface area contributed by atoms with E-state index >= 15 is 0 Å². The third-order valence-corrected chi connectivity index (χ3v) is 5.52. The molecule has 0 heterocycles. The summed E-state index contributed by atoms with van der Waals surface area (Å²) in [5.74, 6) is -1.61. The topological polar surface area (TPSA) is 166 Å². The molecule has 0 radical (unpaired) electrons. The first-order valence-electron chi connectivity index (χ1n) is 11.6. The minimum atomic E-state index is -0.923. The van der Waals surface area contributed by atoms with Gasteiger partial charge in [0.2, 0.25) is 11.8 Å². The molecule has 2 rings (SSSR count). The third-order valence-electron chi connectivity index (χ3n) is 5.52. The molecule has 0 saturated heterocycles. The molecule has 0 saturated carbocycles. The summed E-state index contributed by atoms with van der Waals surface area (Å²) in [6, 6.07) is 14.6. The summed E-state index contributed by atoms with van der Waals surface area (Å²) in [7, 11) is 0. The van der Waals surface area contributed by atoms with Crippen molar-refractivity contribution in [1.29, 1.82) is 0 Å². The molecule has 8 N–H and O–H groups in total. The zero-order valence-electron chi connectivity index (χ0n) is 20.6. The summed E-state index contributed by atoms with van der Waals surface area (Å²) in [4.78, 5) is 42.0. The molecule has 2 aromatic rings. The van der Waals surface area contributed by atoms with Gasteiger partial charge >= 0.3 is 0 Å². The first-order chi connectivity index (χ1) is 16.5. The molecule has 0 unspecified atom stereocenters. The minimum Gasteiger partial charge on any atom is -0.370 e. The lowest BCUT2D eigenvalue weighted by Gasteiger charge is -2.22. The summed E-state index contributed by atoms with van der Waals surface area (Å²) in [6.45, 7) is 6.56. The van der Waals surface area contributed by atoms with Crippen molar-refractivity contribution in [3.63, 3.8) is 0 Å². The second kappa shape index (κ2) is 12.5. The van der Waals surface area contributed by atoms with E-state index in [0.717, 1.165) is 11.1 Å². The predicted molar refractivity (Wildman–Crippen MR) is 138 cm³/mol. The lowest BCUT2D eigenvalue weighted by atomic mass is 9.86. The maximum Gasteiger partial charge on any atom is 0.251 e. The van der Waals surface area contributed by atoms with Crippen LogP contribution in [0.15, 0.2) is 59.6 Å². The number of nitrogens with one attached hydrogen (secondary N) is 2. The van der Waals surface area contributed by atoms with Gasteiger partial charge in [-0.15, -0.1) is 0 Å². The largest absolute Gasteiger partial charge is 0.370 e. The SMILES string of the molecule is CC(C)(C)c1ccc(C(=O)N[C@@H](CCCN=C(N)N)C(=O)N[C@@H](Cc2ccccc2)C(N)=O)cc1. The zero-order valence-corrected chi connectivity index (χ0v) is 20.6. The minimum absolute atomic E-state index is 0.0503. The molecule has 35 heavy (non-hydrogen) atoms. The van der Waals surface area contributed by atoms with Crippen molar-refractivity contribution in [2.75, 3.05) is 6.54 Å². The van der Waals surface area contributed by atoms with Crippen molar-refractivity contribution in [1.82, 2.24) is 10.6 Å². The molecule has 188 valence electrons. The Morgan fingerprint density at radius 2 is 1.51 bits per heavy atom. The number of rotatable bonds is 11. The summed E-state index contributed by atoms with van der Waals surface area (Å²) < 4.78 is 0. The van der Waals surface area contributed by atoms with Gasteiger partial charge in [0.25, 0.3) is 5.91 Å². The highest BCUT2D eigenvalue weighted by Gasteiger charge is 2.26. The van der Waals surface area contributed by atoms with Crippen LogP contribution < -0.4 is 27.8 Å². The van der Waals surface area contributed by atoms with Crippen LogP contribution in [0.1, 0.15) is 55.1 Å². The molecule has 9 heteroatoms. The maximum atomic E-state index is 13.1. The van der Waals surface area contributed by atoms with Crippen LogP contribution in [0.5, 0.6) is 0 Å². The van der Waals surface area contributed by atoms with Gasteiger partial charge in [-0.05, 0) is 41.5 Å². The maximum absolute atomic E-state index is 13.1. The molecule has 0 aromatic heterocycles. The van der Waals surface area contributed by atoms with E-state index in [9.17, 15) is 14.4 Å². The van der Waals surface area contributed by atoms with E-state index in [2.05, 4.69) is 36.4 Å². The molecule has 2 atom stereocenters. The van der Waals surface area contributed by atoms with Gasteiger partial charge in [-0.25, -0.2) is 0 Å². The van der Waals surface area contributed by atoms with Gasteiger partial charge in [0.1, 0.15) is 12.1 Å². The number of carbonyl (C=O) groups is 3. The Hall–Kier alpha value is -3.88. The number of primary amides is 1. The van der Waals surface area contributed by atoms with Crippen LogP contribution in [-0.4, -0.2) is 42.3 Å². The summed E-state index contributed by atoms with van der Waals surface area (Å²) in [6.07, 6.45) is 0.954. The van der Waals surface area contributed by atoms with Gasteiger partial charge < -0.3 is 27.8 Å². The zero-order chi connectivity index (χ0) is 26.0. The average molecular weight is 481 g/mol. The van der Waals surface area contributed by atoms with E-state index in [-0.39, 0.29) is 24.2 Å². The van der Waals surface area contributed by atoms with Crippen LogP contribution in [0.2, 0.25) is 0 Å². The number of guanidine groups is 1. The summed E-state index contributed by atoms with van der Waals surface area (Å²) >= 11 is 0. The highest BCUT2D eigenvalue weighted by atomic mass is 16.2. The Bertz CT molecular complexity index is 1030. The predicted octanol–water partition coefficient (Wildman–Crippen LogP) is 1.35. The van der Waals surface area contributed by atoms with Crippen molar-refractivity contribution < 1.29 is 14.4 Å². The molecule has 0 spiro atoms. The number of aliphatic imine (C=N–C) groups is 1. The standard InChI is InChI=1S/C26H36N6O3/c1-26(2,3)19-13-11-18(12-14-19)23(34)31-20(10-7-15-30-25(28)29)24(35)32-21(22(27)33)16-17-8-5-4-6-9-17/h4-6,8-9,11-14,20-21H,7,10,15-16H2,1-3H3,(H2,27,33)(H,31,34)(H,32,35)(H4,28,29,30)/t20-,21-/m0/s1. The Kier molecular flexibility index (Phi) is 9.81. The van der Waals surface area contributed by atoms with E-state index < -0.39 is 29.8 Å². The highest BCUT2D eigenvalue weighted by Crippen LogP contribution is 2.22. The van der Waals surface area contributed by atoms with Crippen LogP contribution in [-0.2, 0) is 21.4 Å². The van der Waals surface area contributed by atoms with E-state index in [1.807, 2.05) is 42.5 Å². The van der Waals surface area contributed by atoms with Gasteiger partial charge in [0, 0.05) is 18.5 Å². The fraction of sp³-hybridized carbons (Fsp3) is 0.385. The van der Waals surface area contributed by atoms with Crippen molar-refractivity contribution >= 4 is 23.7 Å². The van der Waals surface area contributed by atoms with Gasteiger partial charge in [0.05, 0.1) is 0 Å². The molecule has 0 aliphatic carbocycles. The molecule has 0 aliphatic rings. The van der Waals surface area contributed by atoms with Crippen LogP contribution in [0, 0.1) is 0 Å². The van der Waals surface area contributed by atoms with Gasteiger partial charge in [-0.1, -0.05) is 63.2 Å². The molecule has 9 nitrogen and oxygen atoms in total. The molecular formula is C26H36N6O3. The molecule has 0 aliphatic heterocycles. The summed E-state index contributed by atoms with van der Waals surface area (Å²) in [5.41, 5.74) is 18.6. The van der Waals surface area contributed by atoms with E-state index in [1.165, 1.54) is 0 Å². The quantitative estimate of drug-likeness (QED) is 0.186. The van der Waals surface area contributed by atoms with Crippen LogP contribution in [0.25, 0.3) is 0 Å². The number of nitrogens with zero attached hydrogens (tertiary/aromatic N) is 1. The van der Waals surface area contributed by atoms with Crippen LogP contribution in [0.3, 0.4) is 0 Å². The average Bonchev–Trinajstić information content (AvgIpc) is 2.80. The fourth-order valence-corrected chi connectivity index (χ4v) is 3.48. The first-order valence-corrected chi connectivity index (χ1v) is 11.6. The van der Waals surface area contributed by atoms with Crippen molar-refractivity contribution in [3.05, 3.63) is 71.3 Å². The van der Waals surface area contributed by atoms with E-state index in [0.29, 0.717) is 18.5 Å². The lowest BCUT2D eigenvalue weighted by Crippen LogP contribution is -2.53. The third kappa shape index (κ3) is 9.11. The lowest BCUT2D eigenvalue weighted by molar-refractivity contribution is -0.128. The van der Waals surface area contributed by atoms with E-state index in [1.54, 1.807) is 12.1 Å². The molecule has 3 amide bonds. The second-order valence-electron chi connectivity index (χ2n) is 9.46. The van der Waals surface area contributed by atoms with Crippen LogP contribution in [0.4, 0.5) is 0 Å². The smallest absolute Gasteiger partial charge is 0.251 e. The number of amides is 3. The molecule has 0 fully saturated rings. The summed E-state index contributed by atoms with van der Waals surface area (Å²) in [5, 5.41) is 5.46. The van der Waals surface area contributed by atoms with Crippen LogP contribution >= 0.6 is 0 Å². The number of hydrogen-bond donors (Lipinski definition) is 5. The van der Waals surface area contributed by atoms with Crippen molar-refractivity contribution in [3.8, 4) is 0 Å². The Morgan fingerprint density at radius 1 is 0.886 bits per heavy atom. The Labute approximate surface area is 206 Å². The normalized spacial score (nSPS) is 12.8. The Morgan fingerprint density at radius 3 is 2.06 bits per heavy atom. The number of nitrogens with two attached hydrogens (primary N) is 3. The molecular weight excluding hydrogens is 444 g/mol. The fourth-order valence-electron chi connectivity index (χ4n) is 3.48. The number of carbonyl (C=O) groups excluding carboxylic acids is 3. The highest BCUT2D eigenvalue weighted by molar-refractivity contribution is 5.98. The van der Waals surface area contributed by atoms with Gasteiger partial charge in [-0.3, -0.25) is 19.4 Å². The van der Waals surface area contributed by atoms with Crippen molar-refractivity contribution in [2.45, 2.75) is 57.5 Å².